The molecule has 0 radical (unpaired) electrons. The van der Waals surface area contributed by atoms with Crippen LogP contribution >= 0.6 is 12.2 Å². The predicted octanol–water partition coefficient (Wildman–Crippen LogP) is 3.74. The van der Waals surface area contributed by atoms with Gasteiger partial charge in [-0.2, -0.15) is 14.9 Å². The van der Waals surface area contributed by atoms with Gasteiger partial charge in [-0.1, -0.05) is 26.8 Å². The van der Waals surface area contributed by atoms with Gasteiger partial charge in [0.15, 0.2) is 17.3 Å². The molecule has 0 spiro atoms. The number of hydrogen-bond donors (Lipinski definition) is 1. The van der Waals surface area contributed by atoms with Gasteiger partial charge in [-0.05, 0) is 30.8 Å². The van der Waals surface area contributed by atoms with Gasteiger partial charge in [-0.3, -0.25) is 5.10 Å². The molecule has 6 nitrogen and oxygen atoms in total. The number of hydrogen-bond acceptors (Lipinski definition) is 5. The topological polar surface area (TPSA) is 64.4 Å². The summed E-state index contributed by atoms with van der Waals surface area (Å²) in [5.41, 5.74) is 0.829. The highest BCUT2D eigenvalue weighted by Gasteiger charge is 2.11. The van der Waals surface area contributed by atoms with Crippen molar-refractivity contribution in [1.29, 1.82) is 0 Å². The van der Waals surface area contributed by atoms with Gasteiger partial charge in [-0.15, -0.1) is 0 Å². The first-order chi connectivity index (χ1) is 11.1. The molecule has 2 rings (SSSR count). The maximum Gasteiger partial charge on any atom is 0.216 e. The number of aromatic nitrogens is 3. The Balaban J connectivity index is 2.40. The number of para-hydroxylation sites is 1. The van der Waals surface area contributed by atoms with Crippen molar-refractivity contribution < 1.29 is 9.47 Å². The van der Waals surface area contributed by atoms with Crippen LogP contribution in [-0.2, 0) is 0 Å². The lowest BCUT2D eigenvalue weighted by Crippen LogP contribution is -2.03. The van der Waals surface area contributed by atoms with Gasteiger partial charge >= 0.3 is 0 Å². The number of aromatic amines is 1. The first-order valence-corrected chi connectivity index (χ1v) is 8.00. The Morgan fingerprint density at radius 1 is 1.43 bits per heavy atom. The Labute approximate surface area is 141 Å². The lowest BCUT2D eigenvalue weighted by Gasteiger charge is -2.12. The zero-order chi connectivity index (χ0) is 16.8. The molecule has 0 aliphatic heterocycles. The molecule has 0 unspecified atom stereocenters. The number of rotatable bonds is 7. The third-order valence-electron chi connectivity index (χ3n) is 3.18. The minimum absolute atomic E-state index is 0.209. The summed E-state index contributed by atoms with van der Waals surface area (Å²) in [4.78, 5) is 0. The Morgan fingerprint density at radius 2 is 2.22 bits per heavy atom. The Hall–Kier alpha value is -2.15. The van der Waals surface area contributed by atoms with Crippen LogP contribution in [0.25, 0.3) is 0 Å². The maximum absolute atomic E-state index is 5.81. The van der Waals surface area contributed by atoms with Gasteiger partial charge in [-0.25, -0.2) is 0 Å². The first kappa shape index (κ1) is 17.2. The second-order valence-electron chi connectivity index (χ2n) is 5.33. The van der Waals surface area contributed by atoms with Crippen molar-refractivity contribution in [2.24, 2.45) is 5.10 Å². The second-order valence-corrected chi connectivity index (χ2v) is 5.71. The van der Waals surface area contributed by atoms with E-state index in [4.69, 9.17) is 21.7 Å². The van der Waals surface area contributed by atoms with Crippen molar-refractivity contribution >= 4 is 18.4 Å². The molecule has 1 aromatic carbocycles. The lowest BCUT2D eigenvalue weighted by atomic mass is 10.2. The van der Waals surface area contributed by atoms with Gasteiger partial charge in [0.25, 0.3) is 0 Å². The number of ether oxygens (including phenoxy) is 2. The molecular weight excluding hydrogens is 312 g/mol. The van der Waals surface area contributed by atoms with Crippen LogP contribution in [0.3, 0.4) is 0 Å². The van der Waals surface area contributed by atoms with Crippen molar-refractivity contribution in [3.05, 3.63) is 34.4 Å². The molecule has 0 atom stereocenters. The van der Waals surface area contributed by atoms with E-state index in [1.165, 1.54) is 0 Å². The maximum atomic E-state index is 5.81. The van der Waals surface area contributed by atoms with Crippen molar-refractivity contribution in [3.8, 4) is 11.5 Å². The largest absolute Gasteiger partial charge is 0.493 e. The Kier molecular flexibility index (Phi) is 5.92. The Bertz CT molecular complexity index is 734. The summed E-state index contributed by atoms with van der Waals surface area (Å²) < 4.78 is 13.3. The molecule has 1 N–H and O–H groups in total. The predicted molar refractivity (Wildman–Crippen MR) is 93.3 cm³/mol. The molecule has 0 aliphatic carbocycles. The average Bonchev–Trinajstić information content (AvgIpc) is 2.92. The number of methoxy groups -OCH3 is 1. The van der Waals surface area contributed by atoms with Crippen LogP contribution < -0.4 is 9.47 Å². The molecule has 1 heterocycles. The van der Waals surface area contributed by atoms with E-state index in [1.54, 1.807) is 18.0 Å². The highest BCUT2D eigenvalue weighted by Crippen LogP contribution is 2.30. The standard InChI is InChI=1S/C16H22N4O2S/c1-5-9-22-14-12(7-6-8-13(14)21-4)10-17-20-15(11(2)3)18-19-16(20)23/h6-8,10-11H,5,9H2,1-4H3,(H,19,23)/b17-10-. The van der Waals surface area contributed by atoms with Gasteiger partial charge in [0.2, 0.25) is 4.77 Å². The molecule has 0 fully saturated rings. The van der Waals surface area contributed by atoms with E-state index in [0.29, 0.717) is 22.9 Å². The number of nitrogens with zero attached hydrogens (tertiary/aromatic N) is 3. The van der Waals surface area contributed by atoms with E-state index in [0.717, 1.165) is 17.8 Å². The van der Waals surface area contributed by atoms with Gasteiger partial charge in [0, 0.05) is 11.5 Å². The van der Waals surface area contributed by atoms with Gasteiger partial charge < -0.3 is 9.47 Å². The highest BCUT2D eigenvalue weighted by atomic mass is 32.1. The van der Waals surface area contributed by atoms with Crippen molar-refractivity contribution in [3.63, 3.8) is 0 Å². The molecule has 2 aromatic rings. The molecule has 0 amide bonds. The molecular formula is C16H22N4O2S. The normalized spacial score (nSPS) is 11.3. The van der Waals surface area contributed by atoms with Crippen molar-refractivity contribution in [1.82, 2.24) is 14.9 Å². The molecule has 7 heteroatoms. The fourth-order valence-electron chi connectivity index (χ4n) is 2.06. The minimum Gasteiger partial charge on any atom is -0.493 e. The van der Waals surface area contributed by atoms with E-state index in [1.807, 2.05) is 32.0 Å². The fourth-order valence-corrected chi connectivity index (χ4v) is 2.25. The summed E-state index contributed by atoms with van der Waals surface area (Å²) in [6, 6.07) is 5.69. The third-order valence-corrected chi connectivity index (χ3v) is 3.45. The molecule has 0 bridgehead atoms. The van der Waals surface area contributed by atoms with E-state index in [-0.39, 0.29) is 5.92 Å². The van der Waals surface area contributed by atoms with Crippen molar-refractivity contribution in [2.75, 3.05) is 13.7 Å². The minimum atomic E-state index is 0.209. The van der Waals surface area contributed by atoms with Crippen LogP contribution in [0, 0.1) is 4.77 Å². The first-order valence-electron chi connectivity index (χ1n) is 7.60. The lowest BCUT2D eigenvalue weighted by molar-refractivity contribution is 0.294. The smallest absolute Gasteiger partial charge is 0.216 e. The summed E-state index contributed by atoms with van der Waals surface area (Å²) in [5.74, 6) is 2.36. The Morgan fingerprint density at radius 3 is 2.87 bits per heavy atom. The van der Waals surface area contributed by atoms with E-state index in [9.17, 15) is 0 Å². The van der Waals surface area contributed by atoms with E-state index < -0.39 is 0 Å². The summed E-state index contributed by atoms with van der Waals surface area (Å²) in [6.45, 7) is 6.75. The molecule has 0 saturated carbocycles. The van der Waals surface area contributed by atoms with Crippen LogP contribution in [0.1, 0.15) is 44.5 Å². The quantitative estimate of drug-likeness (QED) is 0.619. The van der Waals surface area contributed by atoms with E-state index in [2.05, 4.69) is 22.2 Å². The molecule has 23 heavy (non-hydrogen) atoms. The zero-order valence-electron chi connectivity index (χ0n) is 13.9. The average molecular weight is 334 g/mol. The van der Waals surface area contributed by atoms with Crippen LogP contribution in [0.2, 0.25) is 0 Å². The van der Waals surface area contributed by atoms with Gasteiger partial charge in [0.1, 0.15) is 0 Å². The number of H-pyrrole nitrogens is 1. The van der Waals surface area contributed by atoms with Crippen LogP contribution in [0.5, 0.6) is 11.5 Å². The summed E-state index contributed by atoms with van der Waals surface area (Å²) >= 11 is 5.23. The SMILES string of the molecule is CCCOc1c(/C=N\n2c(C(C)C)n[nH]c2=S)cccc1OC. The zero-order valence-corrected chi connectivity index (χ0v) is 14.7. The molecule has 1 aromatic heterocycles. The molecule has 124 valence electrons. The summed E-state index contributed by atoms with van der Waals surface area (Å²) in [5, 5.41) is 11.4. The molecule has 0 aliphatic rings. The summed E-state index contributed by atoms with van der Waals surface area (Å²) in [7, 11) is 1.62. The highest BCUT2D eigenvalue weighted by molar-refractivity contribution is 7.71. The second kappa shape index (κ2) is 7.92. The van der Waals surface area contributed by atoms with Crippen molar-refractivity contribution in [2.45, 2.75) is 33.1 Å². The number of nitrogens with one attached hydrogen (secondary N) is 1. The number of benzene rings is 1. The molecule has 0 saturated heterocycles. The van der Waals surface area contributed by atoms with Crippen LogP contribution in [0.4, 0.5) is 0 Å². The van der Waals surface area contributed by atoms with Crippen LogP contribution in [0.15, 0.2) is 23.3 Å². The monoisotopic (exact) mass is 334 g/mol. The van der Waals surface area contributed by atoms with Gasteiger partial charge in [0.05, 0.1) is 19.9 Å². The summed E-state index contributed by atoms with van der Waals surface area (Å²) in [6.07, 6.45) is 2.63. The fraction of sp³-hybridized carbons (Fsp3) is 0.438. The third kappa shape index (κ3) is 3.98. The van der Waals surface area contributed by atoms with Crippen LogP contribution in [-0.4, -0.2) is 34.8 Å². The van der Waals surface area contributed by atoms with E-state index >= 15 is 0 Å².